The number of benzene rings is 1. The number of hydrogen-bond donors (Lipinski definition) is 7. The molecular formula is C24H36N6O5S. The van der Waals surface area contributed by atoms with Crippen LogP contribution in [0.3, 0.4) is 0 Å². The quantitative estimate of drug-likeness (QED) is 0.151. The van der Waals surface area contributed by atoms with Gasteiger partial charge in [-0.25, -0.2) is 4.79 Å². The van der Waals surface area contributed by atoms with Crippen LogP contribution in [-0.4, -0.2) is 77.0 Å². The lowest BCUT2D eigenvalue weighted by molar-refractivity contribution is -0.141. The van der Waals surface area contributed by atoms with E-state index in [1.54, 1.807) is 6.20 Å². The average Bonchev–Trinajstić information content (AvgIpc) is 3.27. The first-order chi connectivity index (χ1) is 17.3. The van der Waals surface area contributed by atoms with Crippen LogP contribution in [0.4, 0.5) is 0 Å². The predicted molar refractivity (Wildman–Crippen MR) is 140 cm³/mol. The Morgan fingerprint density at radius 2 is 1.81 bits per heavy atom. The number of para-hydroxylation sites is 1. The number of fused-ring (bicyclic) bond motifs is 1. The molecule has 12 heteroatoms. The van der Waals surface area contributed by atoms with Gasteiger partial charge >= 0.3 is 5.97 Å². The predicted octanol–water partition coefficient (Wildman–Crippen LogP) is 0.0902. The Labute approximate surface area is 214 Å². The number of thioether (sulfide) groups is 1. The Morgan fingerprint density at radius 3 is 2.50 bits per heavy atom. The van der Waals surface area contributed by atoms with Crippen LogP contribution in [0.25, 0.3) is 10.9 Å². The Balaban J connectivity index is 1.91. The molecule has 0 fully saturated rings. The largest absolute Gasteiger partial charge is 0.480 e. The normalized spacial score (nSPS) is 13.5. The number of nitrogens with one attached hydrogen (secondary N) is 4. The zero-order chi connectivity index (χ0) is 26.5. The second-order valence-electron chi connectivity index (χ2n) is 8.47. The van der Waals surface area contributed by atoms with Crippen molar-refractivity contribution in [1.29, 1.82) is 0 Å². The fraction of sp³-hybridized carbons (Fsp3) is 0.500. The standard InChI is InChI=1S/C24H36N6O5S/c1-36-11-9-19(30-22(32)17(26)7-4-5-10-25)23(33)28-14-21(31)29-20(24(34)35)12-15-13-27-18-8-3-2-6-16(15)18/h2-3,6,8,13,17,19-20,27H,4-5,7,9-12,14,25-26H2,1H3,(H,28,33)(H,29,31)(H,30,32)(H,34,35). The van der Waals surface area contributed by atoms with Gasteiger partial charge < -0.3 is 37.5 Å². The summed E-state index contributed by atoms with van der Waals surface area (Å²) in [7, 11) is 0. The zero-order valence-corrected chi connectivity index (χ0v) is 21.2. The minimum Gasteiger partial charge on any atom is -0.480 e. The molecule has 36 heavy (non-hydrogen) atoms. The minimum absolute atomic E-state index is 0.0769. The van der Waals surface area contributed by atoms with E-state index in [0.717, 1.165) is 22.9 Å². The van der Waals surface area contributed by atoms with Crippen molar-refractivity contribution >= 4 is 46.4 Å². The van der Waals surface area contributed by atoms with Crippen molar-refractivity contribution in [2.24, 2.45) is 11.5 Å². The van der Waals surface area contributed by atoms with Crippen LogP contribution in [0.1, 0.15) is 31.2 Å². The summed E-state index contributed by atoms with van der Waals surface area (Å²) in [6.45, 7) is 0.0877. The Hall–Kier alpha value is -3.09. The fourth-order valence-electron chi connectivity index (χ4n) is 3.68. The highest BCUT2D eigenvalue weighted by Gasteiger charge is 2.25. The molecule has 3 atom stereocenters. The Morgan fingerprint density at radius 1 is 1.06 bits per heavy atom. The highest BCUT2D eigenvalue weighted by Crippen LogP contribution is 2.19. The number of H-pyrrole nitrogens is 1. The van der Waals surface area contributed by atoms with Crippen molar-refractivity contribution in [2.45, 2.75) is 50.2 Å². The van der Waals surface area contributed by atoms with Crippen molar-refractivity contribution in [3.8, 4) is 0 Å². The van der Waals surface area contributed by atoms with Crippen LogP contribution in [0.5, 0.6) is 0 Å². The first-order valence-corrected chi connectivity index (χ1v) is 13.3. The third kappa shape index (κ3) is 9.17. The first-order valence-electron chi connectivity index (χ1n) is 11.9. The number of amides is 3. The van der Waals surface area contributed by atoms with E-state index in [9.17, 15) is 24.3 Å². The SMILES string of the molecule is CSCCC(NC(=O)C(N)CCCCN)C(=O)NCC(=O)NC(Cc1c[nH]c2ccccc12)C(=O)O. The lowest BCUT2D eigenvalue weighted by Crippen LogP contribution is -2.53. The van der Waals surface area contributed by atoms with Gasteiger partial charge in [-0.2, -0.15) is 11.8 Å². The summed E-state index contributed by atoms with van der Waals surface area (Å²) >= 11 is 1.51. The van der Waals surface area contributed by atoms with Crippen molar-refractivity contribution < 1.29 is 24.3 Å². The fourth-order valence-corrected chi connectivity index (χ4v) is 4.15. The molecule has 0 saturated carbocycles. The van der Waals surface area contributed by atoms with Crippen molar-refractivity contribution in [3.63, 3.8) is 0 Å². The molecule has 0 aliphatic rings. The second-order valence-corrected chi connectivity index (χ2v) is 9.46. The summed E-state index contributed by atoms with van der Waals surface area (Å²) in [5.74, 6) is -2.20. The number of aromatic nitrogens is 1. The number of carbonyl (C=O) groups is 4. The van der Waals surface area contributed by atoms with Gasteiger partial charge in [-0.15, -0.1) is 0 Å². The number of nitrogens with two attached hydrogens (primary N) is 2. The molecule has 11 nitrogen and oxygen atoms in total. The van der Waals surface area contributed by atoms with Gasteiger partial charge in [0.15, 0.2) is 0 Å². The van der Waals surface area contributed by atoms with Crippen LogP contribution >= 0.6 is 11.8 Å². The first kappa shape index (κ1) is 29.1. The van der Waals surface area contributed by atoms with E-state index in [0.29, 0.717) is 31.6 Å². The van der Waals surface area contributed by atoms with Crippen molar-refractivity contribution in [3.05, 3.63) is 36.0 Å². The molecule has 2 rings (SSSR count). The molecule has 1 aromatic carbocycles. The number of carboxylic acid groups (broad SMARTS) is 1. The summed E-state index contributed by atoms with van der Waals surface area (Å²) in [6, 6.07) is 4.67. The van der Waals surface area contributed by atoms with E-state index in [1.165, 1.54) is 11.8 Å². The zero-order valence-electron chi connectivity index (χ0n) is 20.4. The molecule has 0 spiro atoms. The van der Waals surface area contributed by atoms with Gasteiger partial charge in [-0.3, -0.25) is 14.4 Å². The molecule has 198 valence electrons. The molecule has 2 aromatic rings. The van der Waals surface area contributed by atoms with Crippen LogP contribution in [0.15, 0.2) is 30.5 Å². The highest BCUT2D eigenvalue weighted by molar-refractivity contribution is 7.98. The van der Waals surface area contributed by atoms with Crippen molar-refractivity contribution in [2.75, 3.05) is 25.1 Å². The third-order valence-electron chi connectivity index (χ3n) is 5.71. The maximum absolute atomic E-state index is 12.7. The lowest BCUT2D eigenvalue weighted by Gasteiger charge is -2.21. The summed E-state index contributed by atoms with van der Waals surface area (Å²) < 4.78 is 0. The molecule has 0 saturated heterocycles. The molecule has 0 aliphatic carbocycles. The second kappa shape index (κ2) is 15.1. The Kier molecular flexibility index (Phi) is 12.2. The summed E-state index contributed by atoms with van der Waals surface area (Å²) in [4.78, 5) is 52.4. The van der Waals surface area contributed by atoms with E-state index in [-0.39, 0.29) is 6.42 Å². The molecule has 0 aliphatic heterocycles. The lowest BCUT2D eigenvalue weighted by atomic mass is 10.0. The average molecular weight is 521 g/mol. The van der Waals surface area contributed by atoms with E-state index < -0.39 is 48.4 Å². The van der Waals surface area contributed by atoms with Gasteiger partial charge in [0.1, 0.15) is 12.1 Å². The number of aromatic amines is 1. The van der Waals surface area contributed by atoms with Crippen LogP contribution in [0.2, 0.25) is 0 Å². The maximum atomic E-state index is 12.7. The molecular weight excluding hydrogens is 484 g/mol. The molecule has 3 unspecified atom stereocenters. The molecule has 1 heterocycles. The number of rotatable bonds is 16. The number of aliphatic carboxylic acids is 1. The minimum atomic E-state index is -1.19. The van der Waals surface area contributed by atoms with Gasteiger partial charge in [0.25, 0.3) is 0 Å². The van der Waals surface area contributed by atoms with Gasteiger partial charge in [0, 0.05) is 23.5 Å². The third-order valence-corrected chi connectivity index (χ3v) is 6.35. The Bertz CT molecular complexity index is 1030. The molecule has 0 bridgehead atoms. The summed E-state index contributed by atoms with van der Waals surface area (Å²) in [6.07, 6.45) is 5.94. The molecule has 1 aromatic heterocycles. The summed E-state index contributed by atoms with van der Waals surface area (Å²) in [5.41, 5.74) is 13.0. The number of carboxylic acids is 1. The molecule has 3 amide bonds. The number of hydrogen-bond acceptors (Lipinski definition) is 7. The van der Waals surface area contributed by atoms with Crippen molar-refractivity contribution in [1.82, 2.24) is 20.9 Å². The van der Waals surface area contributed by atoms with E-state index in [1.807, 2.05) is 30.5 Å². The smallest absolute Gasteiger partial charge is 0.326 e. The van der Waals surface area contributed by atoms with E-state index >= 15 is 0 Å². The van der Waals surface area contributed by atoms with Gasteiger partial charge in [0.05, 0.1) is 12.6 Å². The van der Waals surface area contributed by atoms with Crippen LogP contribution < -0.4 is 27.4 Å². The molecule has 0 radical (unpaired) electrons. The van der Waals surface area contributed by atoms with Crippen LogP contribution in [-0.2, 0) is 25.6 Å². The van der Waals surface area contributed by atoms with Crippen LogP contribution in [0, 0.1) is 0 Å². The van der Waals surface area contributed by atoms with Gasteiger partial charge in [0.2, 0.25) is 17.7 Å². The van der Waals surface area contributed by atoms with Gasteiger partial charge in [-0.1, -0.05) is 24.6 Å². The van der Waals surface area contributed by atoms with E-state index in [4.69, 9.17) is 11.5 Å². The summed E-state index contributed by atoms with van der Waals surface area (Å²) in [5, 5.41) is 18.1. The van der Waals surface area contributed by atoms with Gasteiger partial charge in [-0.05, 0) is 49.4 Å². The number of unbranched alkanes of at least 4 members (excludes halogenated alkanes) is 1. The van der Waals surface area contributed by atoms with E-state index in [2.05, 4.69) is 20.9 Å². The highest BCUT2D eigenvalue weighted by atomic mass is 32.2. The monoisotopic (exact) mass is 520 g/mol. The topological polar surface area (TPSA) is 192 Å². The maximum Gasteiger partial charge on any atom is 0.326 e. The number of carbonyl (C=O) groups excluding carboxylic acids is 3. The molecule has 9 N–H and O–H groups in total.